The second kappa shape index (κ2) is 6.47. The van der Waals surface area contributed by atoms with Gasteiger partial charge in [0, 0.05) is 12.2 Å². The Kier molecular flexibility index (Phi) is 4.54. The van der Waals surface area contributed by atoms with Gasteiger partial charge in [-0.25, -0.2) is 4.79 Å². The SMILES string of the molecule is CCOC(=O)c1ccccc1NC(=O)[C@H]1CS[C@]2(C)CCC(=O)N12. The van der Waals surface area contributed by atoms with Crippen LogP contribution >= 0.6 is 11.8 Å². The fraction of sp³-hybridized carbons (Fsp3) is 0.471. The molecule has 2 saturated heterocycles. The average molecular weight is 348 g/mol. The number of carbonyl (C=O) groups excluding carboxylic acids is 3. The van der Waals surface area contributed by atoms with Gasteiger partial charge in [0.2, 0.25) is 11.8 Å². The van der Waals surface area contributed by atoms with Crippen molar-refractivity contribution < 1.29 is 19.1 Å². The van der Waals surface area contributed by atoms with Crippen LogP contribution in [0.25, 0.3) is 0 Å². The molecule has 0 aliphatic carbocycles. The molecule has 0 spiro atoms. The highest BCUT2D eigenvalue weighted by molar-refractivity contribution is 8.01. The molecular weight excluding hydrogens is 328 g/mol. The Morgan fingerprint density at radius 1 is 1.42 bits per heavy atom. The van der Waals surface area contributed by atoms with E-state index in [4.69, 9.17) is 4.74 Å². The van der Waals surface area contributed by atoms with E-state index < -0.39 is 12.0 Å². The molecule has 7 heteroatoms. The normalized spacial score (nSPS) is 25.5. The molecule has 3 rings (SSSR count). The van der Waals surface area contributed by atoms with Crippen LogP contribution < -0.4 is 5.32 Å². The van der Waals surface area contributed by atoms with Crippen LogP contribution in [0.3, 0.4) is 0 Å². The number of nitrogens with one attached hydrogen (secondary N) is 1. The monoisotopic (exact) mass is 348 g/mol. The number of nitrogens with zero attached hydrogens (tertiary/aromatic N) is 1. The summed E-state index contributed by atoms with van der Waals surface area (Å²) in [6, 6.07) is 6.23. The van der Waals surface area contributed by atoms with Crippen LogP contribution in [0.2, 0.25) is 0 Å². The highest BCUT2D eigenvalue weighted by Gasteiger charge is 2.52. The smallest absolute Gasteiger partial charge is 0.340 e. The number of fused-ring (bicyclic) bond motifs is 1. The molecule has 2 aliphatic rings. The lowest BCUT2D eigenvalue weighted by Crippen LogP contribution is -2.48. The molecule has 2 aliphatic heterocycles. The van der Waals surface area contributed by atoms with Crippen LogP contribution in [0.1, 0.15) is 37.0 Å². The quantitative estimate of drug-likeness (QED) is 0.845. The Morgan fingerprint density at radius 2 is 2.17 bits per heavy atom. The number of hydrogen-bond acceptors (Lipinski definition) is 5. The number of benzene rings is 1. The highest BCUT2D eigenvalue weighted by Crippen LogP contribution is 2.47. The van der Waals surface area contributed by atoms with Crippen molar-refractivity contribution in [3.8, 4) is 0 Å². The van der Waals surface area contributed by atoms with Gasteiger partial charge in [-0.15, -0.1) is 11.8 Å². The second-order valence-corrected chi connectivity index (χ2v) is 7.52. The van der Waals surface area contributed by atoms with Crippen LogP contribution in [-0.4, -0.2) is 46.0 Å². The largest absolute Gasteiger partial charge is 0.462 e. The molecule has 1 aromatic carbocycles. The number of esters is 1. The number of ether oxygens (including phenoxy) is 1. The molecule has 6 nitrogen and oxygen atoms in total. The standard InChI is InChI=1S/C17H20N2O4S/c1-3-23-16(22)11-6-4-5-7-12(11)18-15(21)13-10-24-17(2)9-8-14(20)19(13)17/h4-7,13H,3,8-10H2,1-2H3,(H,18,21)/t13-,17-/m1/s1. The molecule has 1 aromatic rings. The van der Waals surface area contributed by atoms with Crippen molar-refractivity contribution >= 4 is 35.2 Å². The minimum absolute atomic E-state index is 0.0151. The molecule has 2 fully saturated rings. The van der Waals surface area contributed by atoms with Crippen molar-refractivity contribution in [2.75, 3.05) is 17.7 Å². The third kappa shape index (κ3) is 2.88. The molecule has 0 bridgehead atoms. The molecule has 0 radical (unpaired) electrons. The summed E-state index contributed by atoms with van der Waals surface area (Å²) < 4.78 is 5.02. The van der Waals surface area contributed by atoms with Crippen molar-refractivity contribution in [2.45, 2.75) is 37.6 Å². The lowest BCUT2D eigenvalue weighted by molar-refractivity contribution is -0.135. The van der Waals surface area contributed by atoms with Gasteiger partial charge in [-0.05, 0) is 32.4 Å². The lowest BCUT2D eigenvalue weighted by atomic mass is 10.1. The van der Waals surface area contributed by atoms with Crippen LogP contribution in [0.15, 0.2) is 24.3 Å². The van der Waals surface area contributed by atoms with Gasteiger partial charge in [0.15, 0.2) is 0 Å². The minimum Gasteiger partial charge on any atom is -0.462 e. The molecule has 1 N–H and O–H groups in total. The molecule has 0 unspecified atom stereocenters. The van der Waals surface area contributed by atoms with Crippen LogP contribution in [0, 0.1) is 0 Å². The Bertz CT molecular complexity index is 693. The van der Waals surface area contributed by atoms with Crippen LogP contribution in [0.5, 0.6) is 0 Å². The maximum Gasteiger partial charge on any atom is 0.340 e. The molecule has 2 atom stereocenters. The molecular formula is C17H20N2O4S. The summed E-state index contributed by atoms with van der Waals surface area (Å²) in [4.78, 5) is 38.3. The Hall–Kier alpha value is -2.02. The predicted octanol–water partition coefficient (Wildman–Crippen LogP) is 2.26. The van der Waals surface area contributed by atoms with Crippen molar-refractivity contribution in [3.05, 3.63) is 29.8 Å². The number of thioether (sulfide) groups is 1. The predicted molar refractivity (Wildman–Crippen MR) is 91.8 cm³/mol. The molecule has 0 saturated carbocycles. The zero-order chi connectivity index (χ0) is 17.3. The minimum atomic E-state index is -0.509. The van der Waals surface area contributed by atoms with Gasteiger partial charge in [0.05, 0.1) is 22.7 Å². The van der Waals surface area contributed by atoms with Crippen LogP contribution in [0.4, 0.5) is 5.69 Å². The Morgan fingerprint density at radius 3 is 2.92 bits per heavy atom. The van der Waals surface area contributed by atoms with E-state index in [0.717, 1.165) is 6.42 Å². The molecule has 0 aromatic heterocycles. The van der Waals surface area contributed by atoms with E-state index in [2.05, 4.69) is 5.32 Å². The van der Waals surface area contributed by atoms with Gasteiger partial charge >= 0.3 is 5.97 Å². The zero-order valence-electron chi connectivity index (χ0n) is 13.7. The summed E-state index contributed by atoms with van der Waals surface area (Å²) >= 11 is 1.64. The van der Waals surface area contributed by atoms with Crippen molar-refractivity contribution in [3.63, 3.8) is 0 Å². The fourth-order valence-electron chi connectivity index (χ4n) is 3.21. The van der Waals surface area contributed by atoms with E-state index in [1.54, 1.807) is 47.9 Å². The average Bonchev–Trinajstić information content (AvgIpc) is 3.05. The maximum atomic E-state index is 12.7. The Balaban J connectivity index is 1.79. The first kappa shape index (κ1) is 16.8. The summed E-state index contributed by atoms with van der Waals surface area (Å²) in [6.07, 6.45) is 1.24. The zero-order valence-corrected chi connectivity index (χ0v) is 14.5. The number of rotatable bonds is 4. The van der Waals surface area contributed by atoms with Gasteiger partial charge in [0.1, 0.15) is 6.04 Å². The summed E-state index contributed by atoms with van der Waals surface area (Å²) in [5.41, 5.74) is 0.722. The number of anilines is 1. The first-order chi connectivity index (χ1) is 11.5. The third-order valence-electron chi connectivity index (χ3n) is 4.43. The molecule has 128 valence electrons. The molecule has 2 amide bonds. The van der Waals surface area contributed by atoms with E-state index in [9.17, 15) is 14.4 Å². The second-order valence-electron chi connectivity index (χ2n) is 6.02. The number of hydrogen-bond donors (Lipinski definition) is 1. The summed E-state index contributed by atoms with van der Waals surface area (Å²) in [5.74, 6) is -0.161. The van der Waals surface area contributed by atoms with Crippen LogP contribution in [-0.2, 0) is 14.3 Å². The van der Waals surface area contributed by atoms with E-state index >= 15 is 0 Å². The maximum absolute atomic E-state index is 12.7. The van der Waals surface area contributed by atoms with Gasteiger partial charge in [-0.3, -0.25) is 9.59 Å². The first-order valence-electron chi connectivity index (χ1n) is 7.99. The van der Waals surface area contributed by atoms with E-state index in [1.165, 1.54) is 0 Å². The summed E-state index contributed by atoms with van der Waals surface area (Å²) in [6.45, 7) is 4.00. The van der Waals surface area contributed by atoms with E-state index in [0.29, 0.717) is 23.4 Å². The van der Waals surface area contributed by atoms with Gasteiger partial charge in [0.25, 0.3) is 0 Å². The van der Waals surface area contributed by atoms with Crippen molar-refractivity contribution in [2.24, 2.45) is 0 Å². The van der Waals surface area contributed by atoms with Gasteiger partial charge < -0.3 is 15.0 Å². The van der Waals surface area contributed by atoms with E-state index in [1.807, 2.05) is 6.92 Å². The topological polar surface area (TPSA) is 75.7 Å². The van der Waals surface area contributed by atoms with Crippen molar-refractivity contribution in [1.29, 1.82) is 0 Å². The number of carbonyl (C=O) groups is 3. The Labute approximate surface area is 144 Å². The highest BCUT2D eigenvalue weighted by atomic mass is 32.2. The first-order valence-corrected chi connectivity index (χ1v) is 8.98. The lowest BCUT2D eigenvalue weighted by Gasteiger charge is -2.30. The number of amides is 2. The molecule has 24 heavy (non-hydrogen) atoms. The molecule has 2 heterocycles. The van der Waals surface area contributed by atoms with E-state index in [-0.39, 0.29) is 23.3 Å². The van der Waals surface area contributed by atoms with Gasteiger partial charge in [-0.1, -0.05) is 12.1 Å². The van der Waals surface area contributed by atoms with Crippen molar-refractivity contribution in [1.82, 2.24) is 4.90 Å². The summed E-state index contributed by atoms with van der Waals surface area (Å²) in [5, 5.41) is 2.80. The number of para-hydroxylation sites is 1. The fourth-order valence-corrected chi connectivity index (χ4v) is 4.64. The third-order valence-corrected chi connectivity index (χ3v) is 5.93. The summed E-state index contributed by atoms with van der Waals surface area (Å²) in [7, 11) is 0. The van der Waals surface area contributed by atoms with Gasteiger partial charge in [-0.2, -0.15) is 0 Å².